The van der Waals surface area contributed by atoms with Gasteiger partial charge < -0.3 is 9.64 Å². The van der Waals surface area contributed by atoms with E-state index in [2.05, 4.69) is 16.8 Å². The molecule has 1 aromatic heterocycles. The molecule has 8 heteroatoms. The molecule has 2 aliphatic rings. The first-order chi connectivity index (χ1) is 13.0. The number of hydrogen-bond donors (Lipinski definition) is 0. The zero-order chi connectivity index (χ0) is 19.0. The summed E-state index contributed by atoms with van der Waals surface area (Å²) < 4.78 is 9.23. The third-order valence-electron chi connectivity index (χ3n) is 5.80. The van der Waals surface area contributed by atoms with Crippen molar-refractivity contribution in [2.75, 3.05) is 53.0 Å². The van der Waals surface area contributed by atoms with Crippen molar-refractivity contribution < 1.29 is 4.74 Å². The van der Waals surface area contributed by atoms with Gasteiger partial charge in [-0.25, -0.2) is 4.79 Å². The van der Waals surface area contributed by atoms with Crippen molar-refractivity contribution in [3.8, 4) is 0 Å². The summed E-state index contributed by atoms with van der Waals surface area (Å²) in [6.45, 7) is 6.81. The van der Waals surface area contributed by atoms with Crippen molar-refractivity contribution in [3.05, 3.63) is 32.7 Å². The van der Waals surface area contributed by atoms with E-state index in [0.717, 1.165) is 69.8 Å². The Kier molecular flexibility index (Phi) is 5.81. The van der Waals surface area contributed by atoms with Crippen LogP contribution in [-0.4, -0.2) is 71.9 Å². The molecule has 1 aromatic carbocycles. The van der Waals surface area contributed by atoms with E-state index >= 15 is 0 Å². The van der Waals surface area contributed by atoms with Crippen molar-refractivity contribution in [2.24, 2.45) is 0 Å². The van der Waals surface area contributed by atoms with Gasteiger partial charge in [0.15, 0.2) is 0 Å². The number of imidazole rings is 1. The Hall–Kier alpha value is -1.05. The predicted octanol–water partition coefficient (Wildman–Crippen LogP) is 2.71. The molecule has 2 saturated heterocycles. The number of nitrogens with zero attached hydrogens (tertiary/aromatic N) is 4. The molecule has 3 heterocycles. The van der Waals surface area contributed by atoms with Gasteiger partial charge >= 0.3 is 5.69 Å². The summed E-state index contributed by atoms with van der Waals surface area (Å²) >= 11 is 12.6. The summed E-state index contributed by atoms with van der Waals surface area (Å²) in [4.78, 5) is 18.0. The molecule has 27 heavy (non-hydrogen) atoms. The van der Waals surface area contributed by atoms with Crippen molar-refractivity contribution in [1.29, 1.82) is 0 Å². The summed E-state index contributed by atoms with van der Waals surface area (Å²) in [6, 6.07) is 3.90. The molecule has 0 N–H and O–H groups in total. The van der Waals surface area contributed by atoms with E-state index in [1.165, 1.54) is 0 Å². The summed E-state index contributed by atoms with van der Waals surface area (Å²) in [5.41, 5.74) is 1.82. The molecule has 0 atom stereocenters. The quantitative estimate of drug-likeness (QED) is 0.773. The van der Waals surface area contributed by atoms with Gasteiger partial charge in [0.05, 0.1) is 34.3 Å². The zero-order valence-electron chi connectivity index (χ0n) is 15.7. The number of ether oxygens (including phenoxy) is 1. The molecule has 2 aromatic rings. The molecule has 0 saturated carbocycles. The SMILES string of the molecule is CN1CCC(n2c(=O)n(CCN3CCOCC3)c3cc(Cl)c(Cl)cc32)CC1. The lowest BCUT2D eigenvalue weighted by Gasteiger charge is -2.29. The second kappa shape index (κ2) is 8.13. The van der Waals surface area contributed by atoms with E-state index in [1.807, 2.05) is 21.3 Å². The van der Waals surface area contributed by atoms with Gasteiger partial charge in [0.1, 0.15) is 0 Å². The minimum Gasteiger partial charge on any atom is -0.379 e. The highest BCUT2D eigenvalue weighted by molar-refractivity contribution is 6.42. The van der Waals surface area contributed by atoms with Gasteiger partial charge in [0, 0.05) is 32.2 Å². The third kappa shape index (κ3) is 3.91. The second-order valence-corrected chi connectivity index (χ2v) is 8.36. The number of rotatable bonds is 4. The third-order valence-corrected chi connectivity index (χ3v) is 6.52. The Morgan fingerprint density at radius 2 is 1.63 bits per heavy atom. The van der Waals surface area contributed by atoms with E-state index < -0.39 is 0 Å². The van der Waals surface area contributed by atoms with Gasteiger partial charge in [0.25, 0.3) is 0 Å². The Balaban J connectivity index is 1.70. The van der Waals surface area contributed by atoms with Crippen molar-refractivity contribution in [3.63, 3.8) is 0 Å². The summed E-state index contributed by atoms with van der Waals surface area (Å²) in [5.74, 6) is 0. The molecule has 0 unspecified atom stereocenters. The highest BCUT2D eigenvalue weighted by Crippen LogP contribution is 2.31. The molecular formula is C19H26Cl2N4O2. The Labute approximate surface area is 169 Å². The number of hydrogen-bond acceptors (Lipinski definition) is 4. The topological polar surface area (TPSA) is 42.6 Å². The molecule has 0 spiro atoms. The summed E-state index contributed by atoms with van der Waals surface area (Å²) in [6.07, 6.45) is 1.94. The molecule has 0 radical (unpaired) electrons. The van der Waals surface area contributed by atoms with Crippen molar-refractivity contribution in [1.82, 2.24) is 18.9 Å². The number of halogens is 2. The maximum atomic E-state index is 13.3. The maximum absolute atomic E-state index is 13.3. The summed E-state index contributed by atoms with van der Waals surface area (Å²) in [7, 11) is 2.13. The van der Waals surface area contributed by atoms with Gasteiger partial charge in [-0.1, -0.05) is 23.2 Å². The second-order valence-electron chi connectivity index (χ2n) is 7.55. The molecule has 2 aliphatic heterocycles. The van der Waals surface area contributed by atoms with E-state index in [1.54, 1.807) is 0 Å². The number of aromatic nitrogens is 2. The van der Waals surface area contributed by atoms with Gasteiger partial charge in [0.2, 0.25) is 0 Å². The molecular weight excluding hydrogens is 387 g/mol. The minimum atomic E-state index is 0.0474. The monoisotopic (exact) mass is 412 g/mol. The van der Waals surface area contributed by atoms with E-state index in [4.69, 9.17) is 27.9 Å². The molecule has 0 amide bonds. The fourth-order valence-electron chi connectivity index (χ4n) is 4.16. The van der Waals surface area contributed by atoms with Crippen LogP contribution in [0, 0.1) is 0 Å². The van der Waals surface area contributed by atoms with Crippen LogP contribution >= 0.6 is 23.2 Å². The van der Waals surface area contributed by atoms with Crippen LogP contribution in [0.5, 0.6) is 0 Å². The van der Waals surface area contributed by atoms with Crippen molar-refractivity contribution in [2.45, 2.75) is 25.4 Å². The smallest absolute Gasteiger partial charge is 0.329 e. The number of benzene rings is 1. The standard InChI is InChI=1S/C19H26Cl2N4O2/c1-22-4-2-14(3-5-22)25-18-13-16(21)15(20)12-17(18)24(19(25)26)7-6-23-8-10-27-11-9-23/h12-14H,2-11H2,1H3. The Bertz CT molecular complexity index is 865. The van der Waals surface area contributed by atoms with Crippen LogP contribution in [0.2, 0.25) is 10.0 Å². The molecule has 4 rings (SSSR count). The molecule has 6 nitrogen and oxygen atoms in total. The van der Waals surface area contributed by atoms with Gasteiger partial charge in [-0.2, -0.15) is 0 Å². The first kappa shape index (κ1) is 19.3. The average Bonchev–Trinajstić information content (AvgIpc) is 2.93. The van der Waals surface area contributed by atoms with Gasteiger partial charge in [-0.3, -0.25) is 14.0 Å². The fraction of sp³-hybridized carbons (Fsp3) is 0.632. The first-order valence-electron chi connectivity index (χ1n) is 9.63. The van der Waals surface area contributed by atoms with Crippen LogP contribution in [-0.2, 0) is 11.3 Å². The lowest BCUT2D eigenvalue weighted by molar-refractivity contribution is 0.0364. The normalized spacial score (nSPS) is 20.6. The van der Waals surface area contributed by atoms with Crippen LogP contribution < -0.4 is 5.69 Å². The maximum Gasteiger partial charge on any atom is 0.329 e. The van der Waals surface area contributed by atoms with Crippen molar-refractivity contribution >= 4 is 34.2 Å². The Morgan fingerprint density at radius 3 is 2.30 bits per heavy atom. The minimum absolute atomic E-state index is 0.0474. The Morgan fingerprint density at radius 1 is 1.00 bits per heavy atom. The van der Waals surface area contributed by atoms with Gasteiger partial charge in [-0.15, -0.1) is 0 Å². The average molecular weight is 413 g/mol. The lowest BCUT2D eigenvalue weighted by Crippen LogP contribution is -2.40. The number of piperidine rings is 1. The number of fused-ring (bicyclic) bond motifs is 1. The van der Waals surface area contributed by atoms with E-state index in [0.29, 0.717) is 16.6 Å². The van der Waals surface area contributed by atoms with E-state index in [-0.39, 0.29) is 11.7 Å². The number of likely N-dealkylation sites (tertiary alicyclic amines) is 1. The van der Waals surface area contributed by atoms with Gasteiger partial charge in [-0.05, 0) is 45.1 Å². The summed E-state index contributed by atoms with van der Waals surface area (Å²) in [5, 5.41) is 0.987. The molecule has 0 bridgehead atoms. The van der Waals surface area contributed by atoms with Crippen LogP contribution in [0.15, 0.2) is 16.9 Å². The van der Waals surface area contributed by atoms with Crippen LogP contribution in [0.4, 0.5) is 0 Å². The lowest BCUT2D eigenvalue weighted by atomic mass is 10.1. The van der Waals surface area contributed by atoms with Crippen LogP contribution in [0.1, 0.15) is 18.9 Å². The first-order valence-corrected chi connectivity index (χ1v) is 10.4. The zero-order valence-corrected chi connectivity index (χ0v) is 17.2. The van der Waals surface area contributed by atoms with Crippen LogP contribution in [0.25, 0.3) is 11.0 Å². The largest absolute Gasteiger partial charge is 0.379 e. The molecule has 148 valence electrons. The molecule has 2 fully saturated rings. The molecule has 0 aliphatic carbocycles. The fourth-order valence-corrected chi connectivity index (χ4v) is 4.48. The number of morpholine rings is 1. The van der Waals surface area contributed by atoms with Crippen LogP contribution in [0.3, 0.4) is 0 Å². The predicted molar refractivity (Wildman–Crippen MR) is 109 cm³/mol. The highest BCUT2D eigenvalue weighted by atomic mass is 35.5. The van der Waals surface area contributed by atoms with E-state index in [9.17, 15) is 4.79 Å². The highest BCUT2D eigenvalue weighted by Gasteiger charge is 2.25.